The summed E-state index contributed by atoms with van der Waals surface area (Å²) >= 11 is 1.74. The van der Waals surface area contributed by atoms with Gasteiger partial charge in [0.05, 0.1) is 5.69 Å². The summed E-state index contributed by atoms with van der Waals surface area (Å²) in [4.78, 5) is 7.09. The molecule has 1 aromatic heterocycles. The Bertz CT molecular complexity index is 577. The number of rotatable bonds is 3. The van der Waals surface area contributed by atoms with E-state index in [1.807, 2.05) is 7.05 Å². The summed E-state index contributed by atoms with van der Waals surface area (Å²) in [6.07, 6.45) is 2.39. The van der Waals surface area contributed by atoms with E-state index >= 15 is 0 Å². The van der Waals surface area contributed by atoms with Gasteiger partial charge in [0.15, 0.2) is 5.13 Å². The number of benzene rings is 1. The Morgan fingerprint density at radius 3 is 3.16 bits per heavy atom. The summed E-state index contributed by atoms with van der Waals surface area (Å²) in [5.41, 5.74) is 5.26. The number of nitrogens with one attached hydrogen (secondary N) is 1. The summed E-state index contributed by atoms with van der Waals surface area (Å²) in [6, 6.07) is 6.74. The lowest BCUT2D eigenvalue weighted by molar-refractivity contribution is 0.756. The molecule has 3 rings (SSSR count). The third-order valence-corrected chi connectivity index (χ3v) is 4.39. The molecule has 3 nitrogen and oxygen atoms in total. The number of anilines is 2. The zero-order valence-electron chi connectivity index (χ0n) is 11.4. The second-order valence-corrected chi connectivity index (χ2v) is 5.88. The minimum atomic E-state index is 0.838. The van der Waals surface area contributed by atoms with Crippen molar-refractivity contribution >= 4 is 22.2 Å². The second kappa shape index (κ2) is 5.31. The molecule has 100 valence electrons. The molecule has 1 aliphatic rings. The molecule has 0 bridgehead atoms. The molecule has 19 heavy (non-hydrogen) atoms. The molecule has 1 N–H and O–H groups in total. The molecule has 0 amide bonds. The Morgan fingerprint density at radius 2 is 2.32 bits per heavy atom. The number of thiazole rings is 1. The summed E-state index contributed by atoms with van der Waals surface area (Å²) in [5, 5.41) is 6.42. The van der Waals surface area contributed by atoms with Crippen molar-refractivity contribution in [3.05, 3.63) is 40.4 Å². The summed E-state index contributed by atoms with van der Waals surface area (Å²) < 4.78 is 0. The van der Waals surface area contributed by atoms with Crippen molar-refractivity contribution in [3.63, 3.8) is 0 Å². The van der Waals surface area contributed by atoms with E-state index in [1.54, 1.807) is 11.3 Å². The Kier molecular flexibility index (Phi) is 3.53. The van der Waals surface area contributed by atoms with E-state index in [0.717, 1.165) is 23.9 Å². The molecule has 1 aliphatic heterocycles. The molecule has 2 aromatic rings. The molecule has 0 radical (unpaired) electrons. The first-order valence-corrected chi connectivity index (χ1v) is 7.62. The van der Waals surface area contributed by atoms with Gasteiger partial charge in [0.1, 0.15) is 0 Å². The molecule has 0 unspecified atom stereocenters. The minimum absolute atomic E-state index is 0.838. The maximum absolute atomic E-state index is 4.73. The normalized spacial score (nSPS) is 14.5. The van der Waals surface area contributed by atoms with Gasteiger partial charge in [-0.1, -0.05) is 17.7 Å². The lowest BCUT2D eigenvalue weighted by atomic mass is 10.00. The predicted octanol–water partition coefficient (Wildman–Crippen LogP) is 3.26. The van der Waals surface area contributed by atoms with E-state index in [9.17, 15) is 0 Å². The largest absolute Gasteiger partial charge is 0.318 e. The van der Waals surface area contributed by atoms with Crippen LogP contribution >= 0.6 is 11.3 Å². The first-order valence-electron chi connectivity index (χ1n) is 6.74. The van der Waals surface area contributed by atoms with Crippen LogP contribution in [-0.2, 0) is 13.0 Å². The van der Waals surface area contributed by atoms with Crippen molar-refractivity contribution < 1.29 is 0 Å². The van der Waals surface area contributed by atoms with Crippen molar-refractivity contribution in [2.75, 3.05) is 18.5 Å². The van der Waals surface area contributed by atoms with Gasteiger partial charge < -0.3 is 10.2 Å². The quantitative estimate of drug-likeness (QED) is 0.930. The number of aryl methyl sites for hydroxylation is 2. The van der Waals surface area contributed by atoms with Crippen LogP contribution < -0.4 is 10.2 Å². The summed E-state index contributed by atoms with van der Waals surface area (Å²) in [5.74, 6) is 0. The molecule has 0 saturated carbocycles. The maximum atomic E-state index is 4.73. The number of aromatic nitrogens is 1. The van der Waals surface area contributed by atoms with Crippen LogP contribution in [0.2, 0.25) is 0 Å². The molecular weight excluding hydrogens is 254 g/mol. The molecule has 4 heteroatoms. The molecule has 1 aromatic carbocycles. The van der Waals surface area contributed by atoms with Crippen LogP contribution in [-0.4, -0.2) is 18.6 Å². The van der Waals surface area contributed by atoms with E-state index in [4.69, 9.17) is 4.98 Å². The fourth-order valence-corrected chi connectivity index (χ4v) is 3.47. The molecule has 0 fully saturated rings. The second-order valence-electron chi connectivity index (χ2n) is 5.04. The van der Waals surface area contributed by atoms with E-state index < -0.39 is 0 Å². The Balaban J connectivity index is 1.94. The fraction of sp³-hybridized carbons (Fsp3) is 0.400. The summed E-state index contributed by atoms with van der Waals surface area (Å²) in [7, 11) is 1.96. The van der Waals surface area contributed by atoms with E-state index in [1.165, 1.54) is 29.7 Å². The number of hydrogen-bond acceptors (Lipinski definition) is 4. The lowest BCUT2D eigenvalue weighted by Crippen LogP contribution is -2.24. The average molecular weight is 273 g/mol. The number of nitrogens with zero attached hydrogens (tertiary/aromatic N) is 2. The number of fused-ring (bicyclic) bond motifs is 1. The molecular formula is C15H19N3S. The average Bonchev–Trinajstić information content (AvgIpc) is 2.86. The third-order valence-electron chi connectivity index (χ3n) is 3.48. The van der Waals surface area contributed by atoms with Gasteiger partial charge in [-0.05, 0) is 38.4 Å². The van der Waals surface area contributed by atoms with Crippen LogP contribution in [0.15, 0.2) is 23.6 Å². The van der Waals surface area contributed by atoms with Crippen molar-refractivity contribution in [1.29, 1.82) is 0 Å². The van der Waals surface area contributed by atoms with Crippen LogP contribution in [0, 0.1) is 6.92 Å². The van der Waals surface area contributed by atoms with Crippen LogP contribution in [0.5, 0.6) is 0 Å². The van der Waals surface area contributed by atoms with Gasteiger partial charge in [-0.25, -0.2) is 4.98 Å². The van der Waals surface area contributed by atoms with E-state index in [0.29, 0.717) is 0 Å². The van der Waals surface area contributed by atoms with E-state index in [2.05, 4.69) is 40.7 Å². The maximum Gasteiger partial charge on any atom is 0.190 e. The molecule has 0 saturated heterocycles. The standard InChI is InChI=1S/C15H19N3S/c1-11-5-6-14-12(8-11)4-3-7-18(14)15-17-13(9-16-2)10-19-15/h5-6,8,10,16H,3-4,7,9H2,1-2H3. The van der Waals surface area contributed by atoms with Crippen molar-refractivity contribution in [3.8, 4) is 0 Å². The van der Waals surface area contributed by atoms with Crippen molar-refractivity contribution in [2.24, 2.45) is 0 Å². The molecule has 2 heterocycles. The highest BCUT2D eigenvalue weighted by molar-refractivity contribution is 7.13. The van der Waals surface area contributed by atoms with Crippen molar-refractivity contribution in [1.82, 2.24) is 10.3 Å². The Hall–Kier alpha value is -1.39. The van der Waals surface area contributed by atoms with Crippen LogP contribution in [0.4, 0.5) is 10.8 Å². The predicted molar refractivity (Wildman–Crippen MR) is 81.4 cm³/mol. The van der Waals surface area contributed by atoms with Crippen molar-refractivity contribution in [2.45, 2.75) is 26.3 Å². The first-order chi connectivity index (χ1) is 9.28. The van der Waals surface area contributed by atoms with Gasteiger partial charge >= 0.3 is 0 Å². The smallest absolute Gasteiger partial charge is 0.190 e. The van der Waals surface area contributed by atoms with Crippen LogP contribution in [0.1, 0.15) is 23.2 Å². The zero-order valence-corrected chi connectivity index (χ0v) is 12.3. The van der Waals surface area contributed by atoms with Gasteiger partial charge in [0, 0.05) is 24.2 Å². The topological polar surface area (TPSA) is 28.2 Å². The van der Waals surface area contributed by atoms with Crippen LogP contribution in [0.3, 0.4) is 0 Å². The molecule has 0 spiro atoms. The van der Waals surface area contributed by atoms with Gasteiger partial charge in [-0.3, -0.25) is 0 Å². The Labute approximate surface area is 118 Å². The minimum Gasteiger partial charge on any atom is -0.318 e. The first kappa shape index (κ1) is 12.6. The highest BCUT2D eigenvalue weighted by atomic mass is 32.1. The Morgan fingerprint density at radius 1 is 1.42 bits per heavy atom. The van der Waals surface area contributed by atoms with Gasteiger partial charge in [0.2, 0.25) is 0 Å². The van der Waals surface area contributed by atoms with Gasteiger partial charge in [0.25, 0.3) is 0 Å². The molecule has 0 atom stereocenters. The van der Waals surface area contributed by atoms with Gasteiger partial charge in [-0.2, -0.15) is 0 Å². The monoisotopic (exact) mass is 273 g/mol. The third kappa shape index (κ3) is 2.51. The summed E-state index contributed by atoms with van der Waals surface area (Å²) in [6.45, 7) is 4.07. The fourth-order valence-electron chi connectivity index (χ4n) is 2.61. The number of hydrogen-bond donors (Lipinski definition) is 1. The zero-order chi connectivity index (χ0) is 13.2. The van der Waals surface area contributed by atoms with Gasteiger partial charge in [-0.15, -0.1) is 11.3 Å². The lowest BCUT2D eigenvalue weighted by Gasteiger charge is -2.29. The van der Waals surface area contributed by atoms with E-state index in [-0.39, 0.29) is 0 Å². The van der Waals surface area contributed by atoms with Crippen LogP contribution in [0.25, 0.3) is 0 Å². The molecule has 0 aliphatic carbocycles. The highest BCUT2D eigenvalue weighted by Crippen LogP contribution is 2.35. The SMILES string of the molecule is CNCc1csc(N2CCCc3cc(C)ccc32)n1. The highest BCUT2D eigenvalue weighted by Gasteiger charge is 2.20.